The summed E-state index contributed by atoms with van der Waals surface area (Å²) < 4.78 is 2.19. The summed E-state index contributed by atoms with van der Waals surface area (Å²) in [6.07, 6.45) is 4.72. The van der Waals surface area contributed by atoms with E-state index in [0.29, 0.717) is 25.1 Å². The van der Waals surface area contributed by atoms with E-state index < -0.39 is 0 Å². The van der Waals surface area contributed by atoms with Crippen molar-refractivity contribution in [2.24, 2.45) is 5.92 Å². The van der Waals surface area contributed by atoms with Crippen molar-refractivity contribution >= 4 is 22.6 Å². The molecule has 0 atom stereocenters. The second-order valence-corrected chi connectivity index (χ2v) is 7.91. The largest absolute Gasteiger partial charge is 0.383 e. The molecule has 3 aromatic rings. The molecule has 1 saturated carbocycles. The molecular formula is C23H23N5O. The van der Waals surface area contributed by atoms with Crippen LogP contribution in [-0.2, 0) is 24.3 Å². The Kier molecular flexibility index (Phi) is 4.06. The van der Waals surface area contributed by atoms with E-state index in [0.717, 1.165) is 52.7 Å². The zero-order valence-electron chi connectivity index (χ0n) is 16.5. The van der Waals surface area contributed by atoms with E-state index in [9.17, 15) is 10.1 Å². The number of pyridine rings is 1. The molecule has 0 unspecified atom stereocenters. The maximum Gasteiger partial charge on any atom is 0.225 e. The van der Waals surface area contributed by atoms with Gasteiger partial charge in [-0.25, -0.2) is 4.98 Å². The number of aromatic nitrogens is 2. The van der Waals surface area contributed by atoms with Crippen LogP contribution in [-0.4, -0.2) is 26.9 Å². The fourth-order valence-electron chi connectivity index (χ4n) is 4.48. The lowest BCUT2D eigenvalue weighted by atomic mass is 9.89. The van der Waals surface area contributed by atoms with E-state index in [2.05, 4.69) is 40.9 Å². The Morgan fingerprint density at radius 2 is 2.17 bits per heavy atom. The first-order valence-corrected chi connectivity index (χ1v) is 10.2. The summed E-state index contributed by atoms with van der Waals surface area (Å²) in [6, 6.07) is 10.5. The molecule has 2 aliphatic rings. The van der Waals surface area contributed by atoms with Gasteiger partial charge in [-0.3, -0.25) is 4.79 Å². The van der Waals surface area contributed by atoms with Crippen molar-refractivity contribution in [3.8, 4) is 17.2 Å². The number of carbonyl (C=O) groups excluding carboxylic acids is 1. The third-order valence-corrected chi connectivity index (χ3v) is 6.15. The van der Waals surface area contributed by atoms with Crippen molar-refractivity contribution < 1.29 is 4.79 Å². The van der Waals surface area contributed by atoms with Gasteiger partial charge < -0.3 is 15.2 Å². The first-order valence-electron chi connectivity index (χ1n) is 10.2. The lowest BCUT2D eigenvalue weighted by molar-refractivity contribution is -0.133. The number of anilines is 1. The molecule has 0 bridgehead atoms. The van der Waals surface area contributed by atoms with Crippen LogP contribution in [0.2, 0.25) is 0 Å². The molecule has 29 heavy (non-hydrogen) atoms. The summed E-state index contributed by atoms with van der Waals surface area (Å²) in [5.41, 5.74) is 11.4. The minimum atomic E-state index is 0.180. The highest BCUT2D eigenvalue weighted by Gasteiger charge is 2.36. The summed E-state index contributed by atoms with van der Waals surface area (Å²) in [4.78, 5) is 19.2. The van der Waals surface area contributed by atoms with Crippen molar-refractivity contribution in [1.82, 2.24) is 14.5 Å². The highest BCUT2D eigenvalue weighted by molar-refractivity contribution is 5.99. The lowest BCUT2D eigenvalue weighted by Crippen LogP contribution is -2.37. The highest BCUT2D eigenvalue weighted by Crippen LogP contribution is 2.40. The topological polar surface area (TPSA) is 87.9 Å². The van der Waals surface area contributed by atoms with Gasteiger partial charge in [0.1, 0.15) is 17.5 Å². The van der Waals surface area contributed by atoms with Gasteiger partial charge in [0.25, 0.3) is 0 Å². The number of hydrogen-bond acceptors (Lipinski definition) is 4. The number of nitrogen functional groups attached to an aromatic ring is 1. The van der Waals surface area contributed by atoms with E-state index in [-0.39, 0.29) is 17.6 Å². The van der Waals surface area contributed by atoms with Gasteiger partial charge in [-0.1, -0.05) is 12.1 Å². The van der Waals surface area contributed by atoms with E-state index in [4.69, 9.17) is 5.73 Å². The molecule has 0 saturated heterocycles. The number of carbonyl (C=O) groups is 1. The van der Waals surface area contributed by atoms with E-state index in [1.807, 2.05) is 17.0 Å². The zero-order valence-corrected chi connectivity index (χ0v) is 16.5. The van der Waals surface area contributed by atoms with E-state index >= 15 is 0 Å². The molecule has 0 radical (unpaired) electrons. The van der Waals surface area contributed by atoms with Gasteiger partial charge >= 0.3 is 0 Å². The molecule has 1 aliphatic heterocycles. The van der Waals surface area contributed by atoms with Crippen LogP contribution in [0.15, 0.2) is 30.5 Å². The quantitative estimate of drug-likeness (QED) is 0.748. The van der Waals surface area contributed by atoms with E-state index in [1.54, 1.807) is 0 Å². The number of nitrogens with two attached hydrogens (primary N) is 1. The summed E-state index contributed by atoms with van der Waals surface area (Å²) in [6.45, 7) is 4.14. The summed E-state index contributed by atoms with van der Waals surface area (Å²) in [5.74, 6) is 0.682. The normalized spacial score (nSPS) is 15.9. The standard InChI is InChI=1S/C23H23N5O/c1-2-27-10-8-15-16(4-3-5-20(15)27)21-17(12-24)22(25)26-19-9-11-28(13-18(19)21)23(29)14-6-7-14/h3-5,8,10,14H,2,6-7,9,11,13H2,1H3,(H2,25,26). The molecular weight excluding hydrogens is 362 g/mol. The predicted octanol–water partition coefficient (Wildman–Crippen LogP) is 3.47. The minimum absolute atomic E-state index is 0.180. The number of fused-ring (bicyclic) bond motifs is 2. The Morgan fingerprint density at radius 3 is 2.90 bits per heavy atom. The van der Waals surface area contributed by atoms with Gasteiger partial charge in [0.2, 0.25) is 5.91 Å². The molecule has 1 aromatic carbocycles. The molecule has 6 nitrogen and oxygen atoms in total. The number of aryl methyl sites for hydroxylation is 1. The van der Waals surface area contributed by atoms with Crippen LogP contribution in [0.3, 0.4) is 0 Å². The first-order chi connectivity index (χ1) is 14.1. The number of rotatable bonds is 3. The van der Waals surface area contributed by atoms with Crippen molar-refractivity contribution in [2.75, 3.05) is 12.3 Å². The van der Waals surface area contributed by atoms with Gasteiger partial charge in [0.15, 0.2) is 0 Å². The fraction of sp³-hybridized carbons (Fsp3) is 0.348. The third kappa shape index (κ3) is 2.77. The van der Waals surface area contributed by atoms with E-state index in [1.165, 1.54) is 0 Å². The molecule has 2 aromatic heterocycles. The average Bonchev–Trinajstić information content (AvgIpc) is 3.50. The smallest absolute Gasteiger partial charge is 0.225 e. The molecule has 2 N–H and O–H groups in total. The van der Waals surface area contributed by atoms with Crippen LogP contribution in [0.4, 0.5) is 5.82 Å². The second-order valence-electron chi connectivity index (χ2n) is 7.91. The predicted molar refractivity (Wildman–Crippen MR) is 112 cm³/mol. The zero-order chi connectivity index (χ0) is 20.1. The van der Waals surface area contributed by atoms with Crippen LogP contribution in [0, 0.1) is 17.2 Å². The Labute approximate surface area is 169 Å². The van der Waals surface area contributed by atoms with Crippen molar-refractivity contribution in [2.45, 2.75) is 39.3 Å². The van der Waals surface area contributed by atoms with Gasteiger partial charge in [0, 0.05) is 60.2 Å². The Bertz CT molecular complexity index is 1180. The molecule has 0 spiro atoms. The maximum absolute atomic E-state index is 12.7. The summed E-state index contributed by atoms with van der Waals surface area (Å²) >= 11 is 0. The average molecular weight is 385 g/mol. The Hall–Kier alpha value is -3.33. The SMILES string of the molecule is CCn1ccc2c(-c3c(C#N)c(N)nc4c3CN(C(=O)C3CC3)CC4)cccc21. The molecule has 3 heterocycles. The maximum atomic E-state index is 12.7. The summed E-state index contributed by atoms with van der Waals surface area (Å²) in [5, 5.41) is 11.0. The van der Waals surface area contributed by atoms with Gasteiger partial charge in [-0.2, -0.15) is 5.26 Å². The van der Waals surface area contributed by atoms with Crippen LogP contribution in [0.25, 0.3) is 22.0 Å². The van der Waals surface area contributed by atoms with Crippen LogP contribution < -0.4 is 5.73 Å². The third-order valence-electron chi connectivity index (χ3n) is 6.15. The van der Waals surface area contributed by atoms with Gasteiger partial charge in [0.05, 0.1) is 5.69 Å². The van der Waals surface area contributed by atoms with Gasteiger partial charge in [-0.05, 0) is 37.5 Å². The molecule has 1 fully saturated rings. The number of hydrogen-bond donors (Lipinski definition) is 1. The Morgan fingerprint density at radius 1 is 1.34 bits per heavy atom. The summed E-state index contributed by atoms with van der Waals surface area (Å²) in [7, 11) is 0. The fourth-order valence-corrected chi connectivity index (χ4v) is 4.48. The van der Waals surface area contributed by atoms with Crippen LogP contribution >= 0.6 is 0 Å². The molecule has 1 aliphatic carbocycles. The number of nitrogens with zero attached hydrogens (tertiary/aromatic N) is 4. The Balaban J connectivity index is 1.73. The van der Waals surface area contributed by atoms with Crippen molar-refractivity contribution in [3.05, 3.63) is 47.3 Å². The molecule has 1 amide bonds. The van der Waals surface area contributed by atoms with Crippen LogP contribution in [0.5, 0.6) is 0 Å². The monoisotopic (exact) mass is 385 g/mol. The minimum Gasteiger partial charge on any atom is -0.383 e. The number of nitriles is 1. The lowest BCUT2D eigenvalue weighted by Gasteiger charge is -2.31. The van der Waals surface area contributed by atoms with Gasteiger partial charge in [-0.15, -0.1) is 0 Å². The van der Waals surface area contributed by atoms with Crippen molar-refractivity contribution in [3.63, 3.8) is 0 Å². The molecule has 6 heteroatoms. The first kappa shape index (κ1) is 17.7. The number of benzene rings is 1. The second kappa shape index (κ2) is 6.63. The van der Waals surface area contributed by atoms with Crippen molar-refractivity contribution in [1.29, 1.82) is 5.26 Å². The molecule has 5 rings (SSSR count). The van der Waals surface area contributed by atoms with Crippen LogP contribution in [0.1, 0.15) is 36.6 Å². The molecule has 146 valence electrons. The number of amides is 1. The highest BCUT2D eigenvalue weighted by atomic mass is 16.2.